The van der Waals surface area contributed by atoms with Crippen LogP contribution in [-0.2, 0) is 21.4 Å². The lowest BCUT2D eigenvalue weighted by Crippen LogP contribution is -2.45. The first kappa shape index (κ1) is 21.8. The third-order valence-electron chi connectivity index (χ3n) is 5.95. The molecule has 158 valence electrons. The molecule has 0 aliphatic carbocycles. The minimum atomic E-state index is -3.16. The van der Waals surface area contributed by atoms with Crippen LogP contribution in [0.3, 0.4) is 0 Å². The first-order valence-electron chi connectivity index (χ1n) is 10.4. The molecule has 2 aliphatic heterocycles. The fourth-order valence-electron chi connectivity index (χ4n) is 4.11. The summed E-state index contributed by atoms with van der Waals surface area (Å²) in [6.45, 7) is 6.62. The summed E-state index contributed by atoms with van der Waals surface area (Å²) >= 11 is 0. The molecule has 0 bridgehead atoms. The summed E-state index contributed by atoms with van der Waals surface area (Å²) in [6.07, 6.45) is 2.16. The Kier molecular flexibility index (Phi) is 7.28. The number of nitriles is 1. The molecule has 7 nitrogen and oxygen atoms in total. The van der Waals surface area contributed by atoms with Crippen LogP contribution in [0.2, 0.25) is 0 Å². The highest BCUT2D eigenvalue weighted by Gasteiger charge is 2.32. The largest absolute Gasteiger partial charge is 0.341 e. The summed E-state index contributed by atoms with van der Waals surface area (Å²) in [5, 5.41) is 8.91. The van der Waals surface area contributed by atoms with Gasteiger partial charge in [-0.3, -0.25) is 9.69 Å². The fourth-order valence-corrected chi connectivity index (χ4v) is 5.25. The smallest absolute Gasteiger partial charge is 0.225 e. The Morgan fingerprint density at radius 3 is 2.38 bits per heavy atom. The summed E-state index contributed by atoms with van der Waals surface area (Å²) in [5.74, 6) is 0.231. The molecule has 8 heteroatoms. The zero-order valence-corrected chi connectivity index (χ0v) is 17.9. The average molecular weight is 419 g/mol. The van der Waals surface area contributed by atoms with E-state index >= 15 is 0 Å². The van der Waals surface area contributed by atoms with Crippen molar-refractivity contribution in [2.75, 3.05) is 45.0 Å². The fraction of sp³-hybridized carbons (Fsp3) is 0.619. The van der Waals surface area contributed by atoms with Crippen molar-refractivity contribution in [2.24, 2.45) is 5.92 Å². The van der Waals surface area contributed by atoms with Crippen molar-refractivity contribution < 1.29 is 13.2 Å². The van der Waals surface area contributed by atoms with Gasteiger partial charge in [0, 0.05) is 51.7 Å². The quantitative estimate of drug-likeness (QED) is 0.726. The number of carbonyl (C=O) groups is 1. The number of amides is 1. The number of hydrogen-bond acceptors (Lipinski definition) is 5. The van der Waals surface area contributed by atoms with E-state index in [1.807, 2.05) is 29.2 Å². The van der Waals surface area contributed by atoms with Gasteiger partial charge >= 0.3 is 0 Å². The van der Waals surface area contributed by atoms with Crippen molar-refractivity contribution in [3.63, 3.8) is 0 Å². The van der Waals surface area contributed by atoms with Crippen LogP contribution in [0.1, 0.15) is 37.3 Å². The van der Waals surface area contributed by atoms with Crippen LogP contribution in [-0.4, -0.2) is 73.5 Å². The molecule has 2 fully saturated rings. The second-order valence-corrected chi connectivity index (χ2v) is 10.1. The molecule has 0 atom stereocenters. The maximum atomic E-state index is 13.0. The molecule has 0 radical (unpaired) electrons. The minimum Gasteiger partial charge on any atom is -0.341 e. The number of rotatable bonds is 5. The Balaban J connectivity index is 1.50. The van der Waals surface area contributed by atoms with Gasteiger partial charge in [0.2, 0.25) is 15.9 Å². The summed E-state index contributed by atoms with van der Waals surface area (Å²) in [6, 6.07) is 9.80. The highest BCUT2D eigenvalue weighted by atomic mass is 32.2. The molecule has 0 saturated carbocycles. The standard InChI is InChI=1S/C21H30N4O3S/c1-2-29(27,28)25-12-8-20(9-13-25)21(26)24-11-3-10-23(14-15-24)17-19-6-4-18(16-22)5-7-19/h4-7,20H,2-3,8-15,17H2,1H3. The second kappa shape index (κ2) is 9.70. The van der Waals surface area contributed by atoms with E-state index < -0.39 is 10.0 Å². The lowest BCUT2D eigenvalue weighted by atomic mass is 9.96. The van der Waals surface area contributed by atoms with Crippen LogP contribution in [0, 0.1) is 17.2 Å². The number of nitrogens with zero attached hydrogens (tertiary/aromatic N) is 4. The molecular formula is C21H30N4O3S. The van der Waals surface area contributed by atoms with Crippen LogP contribution in [0.5, 0.6) is 0 Å². The lowest BCUT2D eigenvalue weighted by molar-refractivity contribution is -0.136. The second-order valence-electron chi connectivity index (χ2n) is 7.84. The van der Waals surface area contributed by atoms with Crippen molar-refractivity contribution in [1.82, 2.24) is 14.1 Å². The molecule has 0 spiro atoms. The van der Waals surface area contributed by atoms with Crippen LogP contribution in [0.15, 0.2) is 24.3 Å². The summed E-state index contributed by atoms with van der Waals surface area (Å²) < 4.78 is 25.5. The third kappa shape index (κ3) is 5.56. The molecule has 1 aromatic carbocycles. The van der Waals surface area contributed by atoms with Crippen LogP contribution in [0.25, 0.3) is 0 Å². The Bertz CT molecular complexity index is 840. The lowest BCUT2D eigenvalue weighted by Gasteiger charge is -2.33. The van der Waals surface area contributed by atoms with Gasteiger partial charge in [-0.25, -0.2) is 12.7 Å². The highest BCUT2D eigenvalue weighted by molar-refractivity contribution is 7.89. The van der Waals surface area contributed by atoms with Crippen LogP contribution in [0.4, 0.5) is 0 Å². The monoisotopic (exact) mass is 418 g/mol. The maximum Gasteiger partial charge on any atom is 0.225 e. The van der Waals surface area contributed by atoms with E-state index in [4.69, 9.17) is 5.26 Å². The van der Waals surface area contributed by atoms with Crippen molar-refractivity contribution in [2.45, 2.75) is 32.7 Å². The predicted molar refractivity (Wildman–Crippen MR) is 111 cm³/mol. The Morgan fingerprint density at radius 2 is 1.76 bits per heavy atom. The molecule has 0 N–H and O–H groups in total. The third-order valence-corrected chi connectivity index (χ3v) is 7.83. The first-order valence-corrected chi connectivity index (χ1v) is 12.0. The minimum absolute atomic E-state index is 0.0663. The molecule has 2 aliphatic rings. The van der Waals surface area contributed by atoms with Crippen molar-refractivity contribution >= 4 is 15.9 Å². The van der Waals surface area contributed by atoms with Gasteiger partial charge in [0.05, 0.1) is 17.4 Å². The van der Waals surface area contributed by atoms with Gasteiger partial charge in [-0.2, -0.15) is 5.26 Å². The molecule has 29 heavy (non-hydrogen) atoms. The summed E-state index contributed by atoms with van der Waals surface area (Å²) in [4.78, 5) is 17.3. The van der Waals surface area contributed by atoms with E-state index in [0.29, 0.717) is 38.0 Å². The molecule has 2 heterocycles. The first-order chi connectivity index (χ1) is 13.9. The maximum absolute atomic E-state index is 13.0. The van der Waals surface area contributed by atoms with E-state index in [1.165, 1.54) is 9.87 Å². The van der Waals surface area contributed by atoms with Gasteiger partial charge in [-0.15, -0.1) is 0 Å². The highest BCUT2D eigenvalue weighted by Crippen LogP contribution is 2.23. The van der Waals surface area contributed by atoms with Crippen LogP contribution < -0.4 is 0 Å². The SMILES string of the molecule is CCS(=O)(=O)N1CCC(C(=O)N2CCCN(Cc3ccc(C#N)cc3)CC2)CC1. The number of sulfonamides is 1. The van der Waals surface area contributed by atoms with Crippen molar-refractivity contribution in [1.29, 1.82) is 5.26 Å². The molecular weight excluding hydrogens is 388 g/mol. The van der Waals surface area contributed by atoms with Gasteiger partial charge in [-0.1, -0.05) is 12.1 Å². The van der Waals surface area contributed by atoms with E-state index in [0.717, 1.165) is 32.6 Å². The molecule has 1 aromatic rings. The summed E-state index contributed by atoms with van der Waals surface area (Å²) in [7, 11) is -3.16. The number of benzene rings is 1. The van der Waals surface area contributed by atoms with E-state index in [9.17, 15) is 13.2 Å². The van der Waals surface area contributed by atoms with Gasteiger partial charge < -0.3 is 4.90 Å². The molecule has 1 amide bonds. The molecule has 0 aromatic heterocycles. The Hall–Kier alpha value is -1.95. The van der Waals surface area contributed by atoms with E-state index in [-0.39, 0.29) is 17.6 Å². The molecule has 3 rings (SSSR count). The van der Waals surface area contributed by atoms with E-state index in [1.54, 1.807) is 6.92 Å². The van der Waals surface area contributed by atoms with Crippen molar-refractivity contribution in [3.05, 3.63) is 35.4 Å². The van der Waals surface area contributed by atoms with Gasteiger partial charge in [0.25, 0.3) is 0 Å². The number of carbonyl (C=O) groups excluding carboxylic acids is 1. The zero-order valence-electron chi connectivity index (χ0n) is 17.1. The number of piperidine rings is 1. The average Bonchev–Trinajstić information content (AvgIpc) is 2.99. The number of hydrogen-bond donors (Lipinski definition) is 0. The van der Waals surface area contributed by atoms with Crippen LogP contribution >= 0.6 is 0 Å². The zero-order chi connectivity index (χ0) is 20.9. The van der Waals surface area contributed by atoms with Gasteiger partial charge in [0.1, 0.15) is 0 Å². The Morgan fingerprint density at radius 1 is 1.07 bits per heavy atom. The Labute approximate surface area is 173 Å². The molecule has 2 saturated heterocycles. The van der Waals surface area contributed by atoms with Gasteiger partial charge in [-0.05, 0) is 43.9 Å². The molecule has 0 unspecified atom stereocenters. The van der Waals surface area contributed by atoms with E-state index in [2.05, 4.69) is 11.0 Å². The normalized spacial score (nSPS) is 20.2. The predicted octanol–water partition coefficient (Wildman–Crippen LogP) is 1.65. The topological polar surface area (TPSA) is 84.7 Å². The summed E-state index contributed by atoms with van der Waals surface area (Å²) in [5.41, 5.74) is 1.84. The van der Waals surface area contributed by atoms with Gasteiger partial charge in [0.15, 0.2) is 0 Å². The van der Waals surface area contributed by atoms with Crippen molar-refractivity contribution in [3.8, 4) is 6.07 Å².